The average Bonchev–Trinajstić information content (AvgIpc) is 2.33. The zero-order valence-corrected chi connectivity index (χ0v) is 9.11. The van der Waals surface area contributed by atoms with Crippen molar-refractivity contribution in [2.24, 2.45) is 11.7 Å². The first-order valence-corrected chi connectivity index (χ1v) is 5.20. The third kappa shape index (κ3) is 2.47. The molecule has 0 bridgehead atoms. The van der Waals surface area contributed by atoms with Gasteiger partial charge in [0, 0.05) is 12.4 Å². The number of nitrogens with zero attached hydrogens (tertiary/aromatic N) is 3. The summed E-state index contributed by atoms with van der Waals surface area (Å²) in [5.74, 6) is -1.63. The van der Waals surface area contributed by atoms with Crippen molar-refractivity contribution in [3.8, 4) is 0 Å². The Morgan fingerprint density at radius 1 is 1.59 bits per heavy atom. The van der Waals surface area contributed by atoms with Crippen molar-refractivity contribution >= 4 is 11.8 Å². The van der Waals surface area contributed by atoms with Crippen LogP contribution in [0, 0.1) is 5.92 Å². The topological polar surface area (TPSA) is 89.2 Å². The molecule has 2 rings (SSSR count). The van der Waals surface area contributed by atoms with Crippen molar-refractivity contribution < 1.29 is 9.59 Å². The lowest BCUT2D eigenvalue weighted by Gasteiger charge is -2.25. The molecule has 1 aliphatic heterocycles. The van der Waals surface area contributed by atoms with Gasteiger partial charge in [-0.2, -0.15) is 0 Å². The molecule has 88 valence electrons. The van der Waals surface area contributed by atoms with E-state index in [1.54, 1.807) is 24.5 Å². The number of nitrogens with two attached hydrogens (primary N) is 1. The maximum Gasteiger partial charge on any atom is 0.239 e. The van der Waals surface area contributed by atoms with Crippen LogP contribution in [0.25, 0.3) is 0 Å². The quantitative estimate of drug-likeness (QED) is 0.732. The van der Waals surface area contributed by atoms with Gasteiger partial charge in [-0.25, -0.2) is 9.97 Å². The van der Waals surface area contributed by atoms with Crippen LogP contribution in [0.3, 0.4) is 0 Å². The molecule has 1 aliphatic rings. The summed E-state index contributed by atoms with van der Waals surface area (Å²) in [5, 5.41) is 0. The van der Waals surface area contributed by atoms with E-state index in [0.29, 0.717) is 18.7 Å². The molecule has 0 saturated heterocycles. The Kier molecular flexibility index (Phi) is 3.13. The summed E-state index contributed by atoms with van der Waals surface area (Å²) in [4.78, 5) is 32.2. The van der Waals surface area contributed by atoms with Gasteiger partial charge >= 0.3 is 0 Å². The van der Waals surface area contributed by atoms with Crippen molar-refractivity contribution in [1.29, 1.82) is 0 Å². The predicted octanol–water partition coefficient (Wildman–Crippen LogP) is -0.176. The van der Waals surface area contributed by atoms with E-state index in [2.05, 4.69) is 9.97 Å². The van der Waals surface area contributed by atoms with E-state index in [9.17, 15) is 9.59 Å². The Hall–Kier alpha value is -2.24. The van der Waals surface area contributed by atoms with E-state index in [1.165, 1.54) is 11.2 Å². The number of allylic oxidation sites excluding steroid dienone is 1. The standard InChI is InChI=1S/C11H12N4O2/c12-10(16)9-2-1-5-15(11(9)17)6-8-3-4-13-7-14-8/h1,3-5,7,9H,2,6H2,(H2,12,16). The lowest BCUT2D eigenvalue weighted by Crippen LogP contribution is -2.41. The van der Waals surface area contributed by atoms with Gasteiger partial charge in [0.25, 0.3) is 0 Å². The van der Waals surface area contributed by atoms with Crippen LogP contribution in [0.1, 0.15) is 12.1 Å². The van der Waals surface area contributed by atoms with Gasteiger partial charge < -0.3 is 10.6 Å². The van der Waals surface area contributed by atoms with E-state index >= 15 is 0 Å². The van der Waals surface area contributed by atoms with Crippen LogP contribution in [-0.2, 0) is 16.1 Å². The number of carbonyl (C=O) groups is 2. The minimum Gasteiger partial charge on any atom is -0.369 e. The number of hydrogen-bond acceptors (Lipinski definition) is 4. The van der Waals surface area contributed by atoms with Crippen LogP contribution in [0.15, 0.2) is 30.9 Å². The van der Waals surface area contributed by atoms with Crippen LogP contribution >= 0.6 is 0 Å². The lowest BCUT2D eigenvalue weighted by atomic mass is 10.0. The van der Waals surface area contributed by atoms with Gasteiger partial charge in [-0.15, -0.1) is 0 Å². The van der Waals surface area contributed by atoms with E-state index in [4.69, 9.17) is 5.73 Å². The molecule has 0 saturated carbocycles. The molecule has 0 aliphatic carbocycles. The molecule has 0 aromatic carbocycles. The third-order valence-corrected chi connectivity index (χ3v) is 2.56. The number of aromatic nitrogens is 2. The molecule has 2 heterocycles. The lowest BCUT2D eigenvalue weighted by molar-refractivity contribution is -0.140. The number of carbonyl (C=O) groups excluding carboxylic acids is 2. The summed E-state index contributed by atoms with van der Waals surface area (Å²) >= 11 is 0. The molecule has 6 heteroatoms. The first kappa shape index (κ1) is 11.3. The normalized spacial score (nSPS) is 19.4. The minimum atomic E-state index is -0.762. The molecule has 17 heavy (non-hydrogen) atoms. The summed E-state index contributed by atoms with van der Waals surface area (Å²) in [5.41, 5.74) is 5.88. The van der Waals surface area contributed by atoms with Crippen molar-refractivity contribution in [2.75, 3.05) is 0 Å². The molecule has 1 aromatic rings. The van der Waals surface area contributed by atoms with Crippen LogP contribution < -0.4 is 5.73 Å². The molecule has 1 unspecified atom stereocenters. The van der Waals surface area contributed by atoms with Gasteiger partial charge in [0.15, 0.2) is 0 Å². The zero-order chi connectivity index (χ0) is 12.3. The molecule has 6 nitrogen and oxygen atoms in total. The fourth-order valence-electron chi connectivity index (χ4n) is 1.65. The fourth-order valence-corrected chi connectivity index (χ4v) is 1.65. The number of amides is 2. The molecule has 0 fully saturated rings. The highest BCUT2D eigenvalue weighted by Crippen LogP contribution is 2.17. The summed E-state index contributed by atoms with van der Waals surface area (Å²) < 4.78 is 0. The van der Waals surface area contributed by atoms with Crippen molar-refractivity contribution in [3.05, 3.63) is 36.6 Å². The van der Waals surface area contributed by atoms with E-state index < -0.39 is 11.8 Å². The smallest absolute Gasteiger partial charge is 0.239 e. The minimum absolute atomic E-state index is 0.279. The van der Waals surface area contributed by atoms with Gasteiger partial charge in [-0.05, 0) is 12.5 Å². The van der Waals surface area contributed by atoms with Gasteiger partial charge in [0.2, 0.25) is 11.8 Å². The highest BCUT2D eigenvalue weighted by molar-refractivity contribution is 6.00. The maximum atomic E-state index is 11.9. The maximum absolute atomic E-state index is 11.9. The largest absolute Gasteiger partial charge is 0.369 e. The second-order valence-corrected chi connectivity index (χ2v) is 3.74. The van der Waals surface area contributed by atoms with Crippen molar-refractivity contribution in [2.45, 2.75) is 13.0 Å². The number of hydrogen-bond donors (Lipinski definition) is 1. The first-order chi connectivity index (χ1) is 8.18. The van der Waals surface area contributed by atoms with E-state index in [1.807, 2.05) is 0 Å². The van der Waals surface area contributed by atoms with Crippen LogP contribution in [0.5, 0.6) is 0 Å². The van der Waals surface area contributed by atoms with Crippen molar-refractivity contribution in [1.82, 2.24) is 14.9 Å². The summed E-state index contributed by atoms with van der Waals surface area (Å²) in [6, 6.07) is 1.72. The second kappa shape index (κ2) is 4.73. The van der Waals surface area contributed by atoms with Crippen LogP contribution in [0.4, 0.5) is 0 Å². The van der Waals surface area contributed by atoms with Gasteiger partial charge in [0.1, 0.15) is 12.2 Å². The highest BCUT2D eigenvalue weighted by atomic mass is 16.2. The summed E-state index contributed by atoms with van der Waals surface area (Å²) in [7, 11) is 0. The van der Waals surface area contributed by atoms with E-state index in [-0.39, 0.29) is 5.91 Å². The molecular weight excluding hydrogens is 220 g/mol. The number of primary amides is 1. The van der Waals surface area contributed by atoms with Gasteiger partial charge in [-0.1, -0.05) is 6.08 Å². The van der Waals surface area contributed by atoms with E-state index in [0.717, 1.165) is 0 Å². The molecule has 1 atom stereocenters. The number of rotatable bonds is 3. The molecule has 2 amide bonds. The second-order valence-electron chi connectivity index (χ2n) is 3.74. The average molecular weight is 232 g/mol. The molecule has 1 aromatic heterocycles. The summed E-state index contributed by atoms with van der Waals surface area (Å²) in [6.45, 7) is 0.321. The Balaban J connectivity index is 2.12. The molecule has 0 radical (unpaired) electrons. The van der Waals surface area contributed by atoms with Gasteiger partial charge in [-0.3, -0.25) is 9.59 Å². The Morgan fingerprint density at radius 2 is 2.41 bits per heavy atom. The molecule has 2 N–H and O–H groups in total. The monoisotopic (exact) mass is 232 g/mol. The van der Waals surface area contributed by atoms with Gasteiger partial charge in [0.05, 0.1) is 12.2 Å². The predicted molar refractivity (Wildman–Crippen MR) is 59.0 cm³/mol. The van der Waals surface area contributed by atoms with Crippen molar-refractivity contribution in [3.63, 3.8) is 0 Å². The van der Waals surface area contributed by atoms with Crippen LogP contribution in [-0.4, -0.2) is 26.7 Å². The molecular formula is C11H12N4O2. The van der Waals surface area contributed by atoms with Crippen LogP contribution in [0.2, 0.25) is 0 Å². The third-order valence-electron chi connectivity index (χ3n) is 2.56. The Labute approximate surface area is 98.2 Å². The highest BCUT2D eigenvalue weighted by Gasteiger charge is 2.30. The molecule has 0 spiro atoms. The first-order valence-electron chi connectivity index (χ1n) is 5.20. The Morgan fingerprint density at radius 3 is 3.06 bits per heavy atom. The zero-order valence-electron chi connectivity index (χ0n) is 9.11. The summed E-state index contributed by atoms with van der Waals surface area (Å²) in [6.07, 6.45) is 6.81. The Bertz CT molecular complexity index is 458. The fraction of sp³-hybridized carbons (Fsp3) is 0.273. The SMILES string of the molecule is NC(=O)C1CC=CN(Cc2ccncn2)C1=O.